The number of hydrogen-bond acceptors (Lipinski definition) is 4. The van der Waals surface area contributed by atoms with Gasteiger partial charge in [0.25, 0.3) is 11.1 Å². The highest BCUT2D eigenvalue weighted by molar-refractivity contribution is 9.10. The molecule has 1 N–H and O–H groups in total. The maximum Gasteiger partial charge on any atom is 0.293 e. The predicted octanol–water partition coefficient (Wildman–Crippen LogP) is 4.51. The van der Waals surface area contributed by atoms with Crippen LogP contribution >= 0.6 is 27.7 Å². The lowest BCUT2D eigenvalue weighted by Gasteiger charge is -2.13. The maximum atomic E-state index is 13.2. The van der Waals surface area contributed by atoms with Crippen LogP contribution in [-0.2, 0) is 16.0 Å². The highest BCUT2D eigenvalue weighted by Crippen LogP contribution is 2.32. The molecule has 0 aliphatic carbocycles. The van der Waals surface area contributed by atoms with Crippen molar-refractivity contribution in [1.82, 2.24) is 10.2 Å². The Hall–Kier alpha value is -2.52. The summed E-state index contributed by atoms with van der Waals surface area (Å²) in [7, 11) is 0. The Bertz CT molecular complexity index is 1030. The summed E-state index contributed by atoms with van der Waals surface area (Å²) in [5.41, 5.74) is 1.30. The van der Waals surface area contributed by atoms with Gasteiger partial charge in [-0.1, -0.05) is 34.1 Å². The van der Waals surface area contributed by atoms with Gasteiger partial charge in [-0.15, -0.1) is 0 Å². The van der Waals surface area contributed by atoms with E-state index in [-0.39, 0.29) is 31.8 Å². The molecule has 1 aliphatic heterocycles. The third kappa shape index (κ3) is 5.76. The number of imide groups is 1. The molecule has 0 radical (unpaired) electrons. The van der Waals surface area contributed by atoms with Crippen LogP contribution in [0.5, 0.6) is 0 Å². The van der Waals surface area contributed by atoms with Crippen LogP contribution in [0.1, 0.15) is 17.5 Å². The van der Waals surface area contributed by atoms with Crippen LogP contribution in [0.2, 0.25) is 0 Å². The fraction of sp³-hybridized carbons (Fsp3) is 0.190. The van der Waals surface area contributed by atoms with E-state index in [0.29, 0.717) is 10.5 Å². The lowest BCUT2D eigenvalue weighted by Crippen LogP contribution is -2.37. The zero-order valence-corrected chi connectivity index (χ0v) is 18.1. The Balaban J connectivity index is 1.48. The monoisotopic (exact) mass is 494 g/mol. The minimum Gasteiger partial charge on any atom is -0.354 e. The van der Waals surface area contributed by atoms with E-state index < -0.39 is 22.8 Å². The van der Waals surface area contributed by atoms with Gasteiger partial charge in [0.05, 0.1) is 4.91 Å². The Morgan fingerprint density at radius 1 is 1.13 bits per heavy atom. The van der Waals surface area contributed by atoms with Gasteiger partial charge in [-0.2, -0.15) is 0 Å². The number of carbonyl (C=O) groups is 3. The number of carbonyl (C=O) groups excluding carboxylic acids is 3. The number of aryl methyl sites for hydroxylation is 1. The summed E-state index contributed by atoms with van der Waals surface area (Å²) in [6, 6.07) is 10.8. The molecule has 2 aromatic carbocycles. The molecular formula is C21H17BrF2N2O3S. The molecule has 0 bridgehead atoms. The third-order valence-electron chi connectivity index (χ3n) is 4.30. The van der Waals surface area contributed by atoms with Crippen LogP contribution in [0.4, 0.5) is 13.6 Å². The van der Waals surface area contributed by atoms with Gasteiger partial charge in [-0.25, -0.2) is 8.78 Å². The summed E-state index contributed by atoms with van der Waals surface area (Å²) in [4.78, 5) is 38.0. The molecule has 9 heteroatoms. The molecule has 5 nitrogen and oxygen atoms in total. The largest absolute Gasteiger partial charge is 0.354 e. The molecule has 3 rings (SSSR count). The standard InChI is InChI=1S/C21H17BrF2N2O3S/c22-15-3-1-2-14(10-15)12-18-20(28)26(21(29)30-18)9-8-25-19(27)7-5-13-4-6-16(23)17(24)11-13/h1-4,6,10-12H,5,7-9H2,(H,25,27)/b18-12-. The number of rotatable bonds is 7. The summed E-state index contributed by atoms with van der Waals surface area (Å²) in [6.45, 7) is 0.163. The quantitative estimate of drug-likeness (QED) is 0.575. The summed E-state index contributed by atoms with van der Waals surface area (Å²) in [5, 5.41) is 2.24. The average Bonchev–Trinajstić information content (AvgIpc) is 2.96. The first-order valence-electron chi connectivity index (χ1n) is 9.05. The van der Waals surface area contributed by atoms with Gasteiger partial charge < -0.3 is 5.32 Å². The number of amides is 3. The second kappa shape index (κ2) is 9.99. The van der Waals surface area contributed by atoms with Crippen LogP contribution in [0.3, 0.4) is 0 Å². The second-order valence-corrected chi connectivity index (χ2v) is 8.40. The number of nitrogens with zero attached hydrogens (tertiary/aromatic N) is 1. The summed E-state index contributed by atoms with van der Waals surface area (Å²) >= 11 is 4.21. The minimum absolute atomic E-state index is 0.0530. The zero-order chi connectivity index (χ0) is 21.7. The Morgan fingerprint density at radius 2 is 1.93 bits per heavy atom. The normalized spacial score (nSPS) is 15.2. The fourth-order valence-electron chi connectivity index (χ4n) is 2.79. The highest BCUT2D eigenvalue weighted by atomic mass is 79.9. The van der Waals surface area contributed by atoms with Crippen molar-refractivity contribution in [3.05, 3.63) is 74.6 Å². The van der Waals surface area contributed by atoms with Crippen molar-refractivity contribution in [3.8, 4) is 0 Å². The molecule has 0 spiro atoms. The predicted molar refractivity (Wildman–Crippen MR) is 115 cm³/mol. The van der Waals surface area contributed by atoms with E-state index in [4.69, 9.17) is 0 Å². The van der Waals surface area contributed by atoms with E-state index in [1.54, 1.807) is 6.08 Å². The number of hydrogen-bond donors (Lipinski definition) is 1. The average molecular weight is 495 g/mol. The Kier molecular flexibility index (Phi) is 7.38. The van der Waals surface area contributed by atoms with Crippen molar-refractivity contribution in [2.45, 2.75) is 12.8 Å². The summed E-state index contributed by atoms with van der Waals surface area (Å²) in [6.07, 6.45) is 1.98. The van der Waals surface area contributed by atoms with E-state index in [9.17, 15) is 23.2 Å². The van der Waals surface area contributed by atoms with Crippen LogP contribution in [0.15, 0.2) is 51.8 Å². The topological polar surface area (TPSA) is 66.5 Å². The molecule has 3 amide bonds. The van der Waals surface area contributed by atoms with E-state index in [2.05, 4.69) is 21.2 Å². The van der Waals surface area contributed by atoms with Crippen molar-refractivity contribution in [2.75, 3.05) is 13.1 Å². The Labute approximate surface area is 184 Å². The molecule has 30 heavy (non-hydrogen) atoms. The summed E-state index contributed by atoms with van der Waals surface area (Å²) in [5.74, 6) is -2.60. The van der Waals surface area contributed by atoms with Crippen molar-refractivity contribution in [3.63, 3.8) is 0 Å². The number of thioether (sulfide) groups is 1. The molecule has 0 atom stereocenters. The first kappa shape index (κ1) is 22.2. The highest BCUT2D eigenvalue weighted by Gasteiger charge is 2.34. The maximum absolute atomic E-state index is 13.2. The lowest BCUT2D eigenvalue weighted by atomic mass is 10.1. The lowest BCUT2D eigenvalue weighted by molar-refractivity contribution is -0.124. The van der Waals surface area contributed by atoms with Crippen LogP contribution in [-0.4, -0.2) is 35.0 Å². The molecule has 0 aromatic heterocycles. The molecule has 1 heterocycles. The van der Waals surface area contributed by atoms with Crippen molar-refractivity contribution < 1.29 is 23.2 Å². The van der Waals surface area contributed by atoms with Gasteiger partial charge in [0.15, 0.2) is 11.6 Å². The molecule has 156 valence electrons. The van der Waals surface area contributed by atoms with Gasteiger partial charge >= 0.3 is 0 Å². The van der Waals surface area contributed by atoms with Gasteiger partial charge in [-0.3, -0.25) is 19.3 Å². The van der Waals surface area contributed by atoms with Crippen LogP contribution < -0.4 is 5.32 Å². The minimum atomic E-state index is -0.955. The van der Waals surface area contributed by atoms with Gasteiger partial charge in [0.2, 0.25) is 5.91 Å². The number of nitrogens with one attached hydrogen (secondary N) is 1. The number of halogens is 3. The number of benzene rings is 2. The third-order valence-corrected chi connectivity index (χ3v) is 5.70. The molecule has 0 unspecified atom stereocenters. The fourth-order valence-corrected chi connectivity index (χ4v) is 4.07. The molecule has 1 fully saturated rings. The second-order valence-electron chi connectivity index (χ2n) is 6.49. The van der Waals surface area contributed by atoms with Crippen molar-refractivity contribution >= 4 is 50.8 Å². The van der Waals surface area contributed by atoms with Crippen LogP contribution in [0.25, 0.3) is 6.08 Å². The molecule has 1 saturated heterocycles. The first-order chi connectivity index (χ1) is 14.3. The van der Waals surface area contributed by atoms with Crippen molar-refractivity contribution in [2.24, 2.45) is 0 Å². The zero-order valence-electron chi connectivity index (χ0n) is 15.7. The molecule has 1 aliphatic rings. The van der Waals surface area contributed by atoms with E-state index in [1.165, 1.54) is 6.07 Å². The van der Waals surface area contributed by atoms with E-state index in [1.807, 2.05) is 24.3 Å². The van der Waals surface area contributed by atoms with Gasteiger partial charge in [0.1, 0.15) is 0 Å². The Morgan fingerprint density at radius 3 is 2.67 bits per heavy atom. The molecule has 2 aromatic rings. The first-order valence-corrected chi connectivity index (χ1v) is 10.7. The molecule has 0 saturated carbocycles. The van der Waals surface area contributed by atoms with Crippen LogP contribution in [0, 0.1) is 11.6 Å². The smallest absolute Gasteiger partial charge is 0.293 e. The van der Waals surface area contributed by atoms with Gasteiger partial charge in [-0.05, 0) is 59.7 Å². The SMILES string of the molecule is O=C(CCc1ccc(F)c(F)c1)NCCN1C(=O)S/C(=C\c2cccc(Br)c2)C1=O. The van der Waals surface area contributed by atoms with E-state index in [0.717, 1.165) is 38.8 Å². The van der Waals surface area contributed by atoms with Crippen molar-refractivity contribution in [1.29, 1.82) is 0 Å². The van der Waals surface area contributed by atoms with Gasteiger partial charge in [0, 0.05) is 24.0 Å². The van der Waals surface area contributed by atoms with E-state index >= 15 is 0 Å². The molecular weight excluding hydrogens is 478 g/mol. The summed E-state index contributed by atoms with van der Waals surface area (Å²) < 4.78 is 27.0.